The molecule has 192 valence electrons. The van der Waals surface area contributed by atoms with Crippen LogP contribution in [0, 0.1) is 11.3 Å². The number of nitrogen functional groups attached to an aromatic ring is 1. The molecule has 0 heterocycles. The van der Waals surface area contributed by atoms with E-state index in [9.17, 15) is 14.4 Å². The van der Waals surface area contributed by atoms with Crippen LogP contribution in [0.15, 0.2) is 54.1 Å². The van der Waals surface area contributed by atoms with Crippen LogP contribution in [0.3, 0.4) is 0 Å². The van der Waals surface area contributed by atoms with Crippen molar-refractivity contribution in [1.82, 2.24) is 4.90 Å². The van der Waals surface area contributed by atoms with Gasteiger partial charge in [-0.15, -0.1) is 0 Å². The molecule has 8 heteroatoms. The fourth-order valence-electron chi connectivity index (χ4n) is 3.33. The second-order valence-corrected chi connectivity index (χ2v) is 8.81. The quantitative estimate of drug-likeness (QED) is 0.148. The minimum absolute atomic E-state index is 0.0627. The lowest BCUT2D eigenvalue weighted by Crippen LogP contribution is -2.35. The summed E-state index contributed by atoms with van der Waals surface area (Å²) in [6.45, 7) is 8.83. The van der Waals surface area contributed by atoms with Crippen LogP contribution in [0.4, 0.5) is 0 Å². The van der Waals surface area contributed by atoms with E-state index in [0.717, 1.165) is 12.0 Å². The van der Waals surface area contributed by atoms with Crippen molar-refractivity contribution >= 4 is 29.8 Å². The number of nitrogens with one attached hydrogen (secondary N) is 1. The molecule has 36 heavy (non-hydrogen) atoms. The molecule has 0 unspecified atom stereocenters. The van der Waals surface area contributed by atoms with Crippen LogP contribution in [0.25, 0.3) is 6.08 Å². The number of hydrogen-bond acceptors (Lipinski definition) is 6. The second kappa shape index (κ2) is 13.8. The Morgan fingerprint density at radius 3 is 2.17 bits per heavy atom. The zero-order valence-electron chi connectivity index (χ0n) is 21.4. The average Bonchev–Trinajstić information content (AvgIpc) is 2.84. The van der Waals surface area contributed by atoms with Crippen molar-refractivity contribution in [1.29, 1.82) is 5.41 Å². The molecule has 0 saturated carbocycles. The molecule has 0 saturated heterocycles. The van der Waals surface area contributed by atoms with Gasteiger partial charge in [0.15, 0.2) is 0 Å². The molecule has 1 amide bonds. The highest BCUT2D eigenvalue weighted by Crippen LogP contribution is 2.16. The summed E-state index contributed by atoms with van der Waals surface area (Å²) in [5, 5.41) is 7.41. The van der Waals surface area contributed by atoms with E-state index in [1.165, 1.54) is 0 Å². The van der Waals surface area contributed by atoms with E-state index in [1.54, 1.807) is 73.4 Å². The zero-order chi connectivity index (χ0) is 26.7. The van der Waals surface area contributed by atoms with Crippen LogP contribution in [0.1, 0.15) is 62.0 Å². The van der Waals surface area contributed by atoms with Crippen LogP contribution in [-0.2, 0) is 14.3 Å². The van der Waals surface area contributed by atoms with Crippen molar-refractivity contribution < 1.29 is 23.9 Å². The summed E-state index contributed by atoms with van der Waals surface area (Å²) in [6.07, 6.45) is 2.74. The third-order valence-electron chi connectivity index (χ3n) is 5.40. The molecular weight excluding hydrogens is 458 g/mol. The van der Waals surface area contributed by atoms with E-state index in [0.29, 0.717) is 48.1 Å². The van der Waals surface area contributed by atoms with Gasteiger partial charge < -0.3 is 20.1 Å². The standard InChI is InChI=1S/C28H35N3O5/c1-5-35-25(32)15-17-31(16-14-19(2)3)27(33)20(4)18-21-6-8-23(9-7-21)28(34)36-24-12-10-22(11-13-24)26(29)30/h6-13,18-19H,5,14-17H2,1-4H3,(H3,29,30)/b20-18+. The third kappa shape index (κ3) is 9.02. The summed E-state index contributed by atoms with van der Waals surface area (Å²) in [5.74, 6) is -0.275. The third-order valence-corrected chi connectivity index (χ3v) is 5.40. The minimum atomic E-state index is -0.521. The predicted molar refractivity (Wildman–Crippen MR) is 140 cm³/mol. The number of benzene rings is 2. The molecule has 0 fully saturated rings. The Bertz CT molecular complexity index is 1090. The first-order chi connectivity index (χ1) is 17.1. The summed E-state index contributed by atoms with van der Waals surface area (Å²) in [4.78, 5) is 39.0. The first-order valence-corrected chi connectivity index (χ1v) is 12.0. The molecule has 3 N–H and O–H groups in total. The number of carbonyl (C=O) groups excluding carboxylic acids is 3. The maximum Gasteiger partial charge on any atom is 0.343 e. The molecule has 0 aromatic heterocycles. The van der Waals surface area contributed by atoms with E-state index in [-0.39, 0.29) is 24.1 Å². The van der Waals surface area contributed by atoms with Gasteiger partial charge in [0.1, 0.15) is 11.6 Å². The summed E-state index contributed by atoms with van der Waals surface area (Å²) in [7, 11) is 0. The van der Waals surface area contributed by atoms with E-state index >= 15 is 0 Å². The fraction of sp³-hybridized carbons (Fsp3) is 0.357. The van der Waals surface area contributed by atoms with Crippen molar-refractivity contribution in [3.05, 3.63) is 70.8 Å². The first kappa shape index (κ1) is 28.3. The number of amides is 1. The van der Waals surface area contributed by atoms with Crippen LogP contribution >= 0.6 is 0 Å². The number of carbonyl (C=O) groups is 3. The Hall–Kier alpha value is -3.94. The monoisotopic (exact) mass is 493 g/mol. The van der Waals surface area contributed by atoms with Gasteiger partial charge in [0.2, 0.25) is 5.91 Å². The average molecular weight is 494 g/mol. The normalized spacial score (nSPS) is 11.2. The highest BCUT2D eigenvalue weighted by molar-refractivity contribution is 5.98. The van der Waals surface area contributed by atoms with Crippen LogP contribution < -0.4 is 10.5 Å². The molecule has 0 radical (unpaired) electrons. The van der Waals surface area contributed by atoms with Gasteiger partial charge in [-0.1, -0.05) is 26.0 Å². The maximum absolute atomic E-state index is 13.1. The second-order valence-electron chi connectivity index (χ2n) is 8.81. The van der Waals surface area contributed by atoms with E-state index < -0.39 is 5.97 Å². The summed E-state index contributed by atoms with van der Waals surface area (Å²) < 4.78 is 10.4. The molecule has 0 aliphatic carbocycles. The number of nitrogens with two attached hydrogens (primary N) is 1. The number of rotatable bonds is 12. The summed E-state index contributed by atoms with van der Waals surface area (Å²) in [5.41, 5.74) is 7.63. The zero-order valence-corrected chi connectivity index (χ0v) is 21.4. The molecule has 8 nitrogen and oxygen atoms in total. The molecule has 0 aliphatic heterocycles. The summed E-state index contributed by atoms with van der Waals surface area (Å²) in [6, 6.07) is 13.1. The minimum Gasteiger partial charge on any atom is -0.466 e. The predicted octanol–water partition coefficient (Wildman–Crippen LogP) is 4.42. The SMILES string of the molecule is CCOC(=O)CCN(CCC(C)C)C(=O)/C(C)=C/c1ccc(C(=O)Oc2ccc(C(=N)N)cc2)cc1. The van der Waals surface area contributed by atoms with Crippen LogP contribution in [-0.4, -0.2) is 48.3 Å². The van der Waals surface area contributed by atoms with Gasteiger partial charge >= 0.3 is 11.9 Å². The Kier molecular flexibility index (Phi) is 10.9. The van der Waals surface area contributed by atoms with Crippen molar-refractivity contribution in [3.63, 3.8) is 0 Å². The lowest BCUT2D eigenvalue weighted by atomic mass is 10.1. The van der Waals surface area contributed by atoms with Gasteiger partial charge in [-0.05, 0) is 74.2 Å². The number of esters is 2. The number of hydrogen-bond donors (Lipinski definition) is 2. The van der Waals surface area contributed by atoms with Crippen molar-refractivity contribution in [2.45, 2.75) is 40.5 Å². The van der Waals surface area contributed by atoms with Gasteiger partial charge in [-0.25, -0.2) is 4.79 Å². The van der Waals surface area contributed by atoms with Gasteiger partial charge in [0.05, 0.1) is 18.6 Å². The summed E-state index contributed by atoms with van der Waals surface area (Å²) >= 11 is 0. The molecule has 2 aromatic carbocycles. The first-order valence-electron chi connectivity index (χ1n) is 12.0. The largest absolute Gasteiger partial charge is 0.466 e. The molecule has 0 spiro atoms. The highest BCUT2D eigenvalue weighted by atomic mass is 16.5. The van der Waals surface area contributed by atoms with Crippen LogP contribution in [0.2, 0.25) is 0 Å². The number of ether oxygens (including phenoxy) is 2. The molecule has 0 bridgehead atoms. The molecule has 2 aromatic rings. The van der Waals surface area contributed by atoms with Crippen molar-refractivity contribution in [3.8, 4) is 5.75 Å². The molecule has 0 atom stereocenters. The van der Waals surface area contributed by atoms with Gasteiger partial charge in [0.25, 0.3) is 0 Å². The maximum atomic E-state index is 13.1. The van der Waals surface area contributed by atoms with Gasteiger partial charge in [-0.2, -0.15) is 0 Å². The number of amidine groups is 1. The smallest absolute Gasteiger partial charge is 0.343 e. The topological polar surface area (TPSA) is 123 Å². The molecule has 0 aliphatic rings. The Labute approximate surface area is 212 Å². The van der Waals surface area contributed by atoms with E-state index in [2.05, 4.69) is 13.8 Å². The highest BCUT2D eigenvalue weighted by Gasteiger charge is 2.18. The van der Waals surface area contributed by atoms with E-state index in [4.69, 9.17) is 20.6 Å². The Morgan fingerprint density at radius 2 is 1.61 bits per heavy atom. The van der Waals surface area contributed by atoms with Crippen molar-refractivity contribution in [2.24, 2.45) is 11.7 Å². The lowest BCUT2D eigenvalue weighted by molar-refractivity contribution is -0.143. The van der Waals surface area contributed by atoms with Crippen LogP contribution in [0.5, 0.6) is 5.75 Å². The fourth-order valence-corrected chi connectivity index (χ4v) is 3.33. The van der Waals surface area contributed by atoms with Crippen molar-refractivity contribution in [2.75, 3.05) is 19.7 Å². The molecule has 2 rings (SSSR count). The van der Waals surface area contributed by atoms with Gasteiger partial charge in [0, 0.05) is 24.2 Å². The lowest BCUT2D eigenvalue weighted by Gasteiger charge is -2.23. The van der Waals surface area contributed by atoms with E-state index in [1.807, 2.05) is 0 Å². The number of nitrogens with zero attached hydrogens (tertiary/aromatic N) is 1. The Balaban J connectivity index is 2.06. The molecular formula is C28H35N3O5. The van der Waals surface area contributed by atoms with Gasteiger partial charge in [-0.3, -0.25) is 15.0 Å². The Morgan fingerprint density at radius 1 is 1.00 bits per heavy atom.